The summed E-state index contributed by atoms with van der Waals surface area (Å²) in [5, 5.41) is 4.94. The Morgan fingerprint density at radius 3 is 2.80 bits per heavy atom. The van der Waals surface area contributed by atoms with Crippen LogP contribution in [0, 0.1) is 0 Å². The number of piperazine rings is 1. The molecule has 88 valence electrons. The van der Waals surface area contributed by atoms with E-state index in [0.29, 0.717) is 19.6 Å². The van der Waals surface area contributed by atoms with Gasteiger partial charge in [-0.05, 0) is 6.92 Å². The zero-order valence-corrected chi connectivity index (χ0v) is 8.40. The minimum Gasteiger partial charge on any atom is -0.329 e. The van der Waals surface area contributed by atoms with E-state index in [1.807, 2.05) is 12.2 Å². The first-order valence-corrected chi connectivity index (χ1v) is 4.71. The zero-order valence-electron chi connectivity index (χ0n) is 8.40. The van der Waals surface area contributed by atoms with Crippen LogP contribution in [0.15, 0.2) is 0 Å². The second kappa shape index (κ2) is 4.69. The predicted octanol–water partition coefficient (Wildman–Crippen LogP) is 0.552. The SMILES string of the molecule is CC1CN(C(=O)NCC(F)(F)F)CCN1. The molecule has 1 unspecified atom stereocenters. The quantitative estimate of drug-likeness (QED) is 0.684. The molecule has 1 rings (SSSR count). The Morgan fingerprint density at radius 2 is 2.27 bits per heavy atom. The number of nitrogens with one attached hydrogen (secondary N) is 2. The number of carbonyl (C=O) groups is 1. The third kappa shape index (κ3) is 4.37. The largest absolute Gasteiger partial charge is 0.405 e. The van der Waals surface area contributed by atoms with Gasteiger partial charge in [0.15, 0.2) is 0 Å². The van der Waals surface area contributed by atoms with Crippen molar-refractivity contribution in [3.8, 4) is 0 Å². The highest BCUT2D eigenvalue weighted by Gasteiger charge is 2.29. The smallest absolute Gasteiger partial charge is 0.329 e. The van der Waals surface area contributed by atoms with E-state index in [1.165, 1.54) is 4.90 Å². The molecule has 2 N–H and O–H groups in total. The van der Waals surface area contributed by atoms with Crippen LogP contribution in [-0.4, -0.2) is 49.3 Å². The fourth-order valence-corrected chi connectivity index (χ4v) is 1.40. The summed E-state index contributed by atoms with van der Waals surface area (Å²) in [4.78, 5) is 12.7. The molecule has 2 amide bonds. The maximum absolute atomic E-state index is 11.8. The molecular weight excluding hydrogens is 211 g/mol. The zero-order chi connectivity index (χ0) is 11.5. The minimum absolute atomic E-state index is 0.121. The Bertz CT molecular complexity index is 232. The number of halogens is 3. The van der Waals surface area contributed by atoms with Crippen molar-refractivity contribution in [3.05, 3.63) is 0 Å². The summed E-state index contributed by atoms with van der Waals surface area (Å²) in [6.07, 6.45) is -4.35. The van der Waals surface area contributed by atoms with E-state index in [4.69, 9.17) is 0 Å². The minimum atomic E-state index is -4.35. The molecule has 0 aliphatic carbocycles. The predicted molar refractivity (Wildman–Crippen MR) is 48.5 cm³/mol. The van der Waals surface area contributed by atoms with Crippen LogP contribution in [-0.2, 0) is 0 Å². The fourth-order valence-electron chi connectivity index (χ4n) is 1.40. The Kier molecular flexibility index (Phi) is 3.78. The van der Waals surface area contributed by atoms with Crippen molar-refractivity contribution in [3.63, 3.8) is 0 Å². The summed E-state index contributed by atoms with van der Waals surface area (Å²) in [6.45, 7) is 2.09. The third-order valence-electron chi connectivity index (χ3n) is 2.10. The van der Waals surface area contributed by atoms with Crippen molar-refractivity contribution in [1.29, 1.82) is 0 Å². The van der Waals surface area contributed by atoms with E-state index >= 15 is 0 Å². The lowest BCUT2D eigenvalue weighted by Crippen LogP contribution is -2.54. The molecule has 1 atom stereocenters. The van der Waals surface area contributed by atoms with Crippen LogP contribution in [0.5, 0.6) is 0 Å². The molecule has 1 saturated heterocycles. The molecular formula is C8H14F3N3O. The van der Waals surface area contributed by atoms with E-state index in [2.05, 4.69) is 5.32 Å². The summed E-state index contributed by atoms with van der Waals surface area (Å²) in [5.74, 6) is 0. The van der Waals surface area contributed by atoms with Gasteiger partial charge in [-0.2, -0.15) is 13.2 Å². The lowest BCUT2D eigenvalue weighted by atomic mass is 10.2. The molecule has 4 nitrogen and oxygen atoms in total. The van der Waals surface area contributed by atoms with Gasteiger partial charge in [-0.25, -0.2) is 4.79 Å². The monoisotopic (exact) mass is 225 g/mol. The third-order valence-corrected chi connectivity index (χ3v) is 2.10. The lowest BCUT2D eigenvalue weighted by molar-refractivity contribution is -0.123. The number of nitrogens with zero attached hydrogens (tertiary/aromatic N) is 1. The van der Waals surface area contributed by atoms with Gasteiger partial charge in [0.1, 0.15) is 6.54 Å². The summed E-state index contributed by atoms with van der Waals surface area (Å²) >= 11 is 0. The van der Waals surface area contributed by atoms with E-state index < -0.39 is 18.8 Å². The van der Waals surface area contributed by atoms with Crippen LogP contribution in [0.25, 0.3) is 0 Å². The molecule has 1 fully saturated rings. The van der Waals surface area contributed by atoms with Crippen LogP contribution in [0.3, 0.4) is 0 Å². The molecule has 1 aliphatic rings. The molecule has 0 aromatic rings. The van der Waals surface area contributed by atoms with Gasteiger partial charge in [-0.15, -0.1) is 0 Å². The molecule has 0 bridgehead atoms. The lowest BCUT2D eigenvalue weighted by Gasteiger charge is -2.31. The number of hydrogen-bond donors (Lipinski definition) is 2. The van der Waals surface area contributed by atoms with Gasteiger partial charge in [0, 0.05) is 25.7 Å². The molecule has 0 saturated carbocycles. The van der Waals surface area contributed by atoms with Crippen molar-refractivity contribution in [2.45, 2.75) is 19.1 Å². The van der Waals surface area contributed by atoms with Gasteiger partial charge in [0.2, 0.25) is 0 Å². The molecule has 15 heavy (non-hydrogen) atoms. The van der Waals surface area contributed by atoms with Crippen LogP contribution in [0.4, 0.5) is 18.0 Å². The number of amides is 2. The number of urea groups is 1. The number of alkyl halides is 3. The highest BCUT2D eigenvalue weighted by molar-refractivity contribution is 5.74. The van der Waals surface area contributed by atoms with Gasteiger partial charge in [-0.1, -0.05) is 0 Å². The second-order valence-corrected chi connectivity index (χ2v) is 3.58. The molecule has 0 radical (unpaired) electrons. The van der Waals surface area contributed by atoms with Crippen molar-refractivity contribution >= 4 is 6.03 Å². The van der Waals surface area contributed by atoms with Gasteiger partial charge in [-0.3, -0.25) is 0 Å². The summed E-state index contributed by atoms with van der Waals surface area (Å²) in [6, 6.07) is -0.531. The molecule has 1 aliphatic heterocycles. The van der Waals surface area contributed by atoms with Crippen molar-refractivity contribution in [2.75, 3.05) is 26.2 Å². The standard InChI is InChI=1S/C8H14F3N3O/c1-6-4-14(3-2-12-6)7(15)13-5-8(9,10)11/h6,12H,2-5H2,1H3,(H,13,15). The van der Waals surface area contributed by atoms with Crippen molar-refractivity contribution < 1.29 is 18.0 Å². The van der Waals surface area contributed by atoms with Gasteiger partial charge >= 0.3 is 12.2 Å². The van der Waals surface area contributed by atoms with Crippen LogP contribution >= 0.6 is 0 Å². The van der Waals surface area contributed by atoms with E-state index in [1.54, 1.807) is 0 Å². The Morgan fingerprint density at radius 1 is 1.60 bits per heavy atom. The van der Waals surface area contributed by atoms with E-state index in [0.717, 1.165) is 0 Å². The van der Waals surface area contributed by atoms with E-state index in [9.17, 15) is 18.0 Å². The topological polar surface area (TPSA) is 44.4 Å². The average Bonchev–Trinajstić information content (AvgIpc) is 2.13. The van der Waals surface area contributed by atoms with Crippen molar-refractivity contribution in [2.24, 2.45) is 0 Å². The average molecular weight is 225 g/mol. The Hall–Kier alpha value is -0.980. The van der Waals surface area contributed by atoms with Crippen molar-refractivity contribution in [1.82, 2.24) is 15.5 Å². The molecule has 1 heterocycles. The molecule has 7 heteroatoms. The van der Waals surface area contributed by atoms with E-state index in [-0.39, 0.29) is 6.04 Å². The first-order chi connectivity index (χ1) is 6.88. The molecule has 0 aromatic carbocycles. The first kappa shape index (κ1) is 12.1. The van der Waals surface area contributed by atoms with Gasteiger partial charge in [0.25, 0.3) is 0 Å². The maximum Gasteiger partial charge on any atom is 0.405 e. The second-order valence-electron chi connectivity index (χ2n) is 3.58. The number of hydrogen-bond acceptors (Lipinski definition) is 2. The van der Waals surface area contributed by atoms with Crippen LogP contribution < -0.4 is 10.6 Å². The molecule has 0 spiro atoms. The fraction of sp³-hybridized carbons (Fsp3) is 0.875. The summed E-state index contributed by atoms with van der Waals surface area (Å²) in [5.41, 5.74) is 0. The Balaban J connectivity index is 2.33. The van der Waals surface area contributed by atoms with Gasteiger partial charge in [0.05, 0.1) is 0 Å². The summed E-state index contributed by atoms with van der Waals surface area (Å²) in [7, 11) is 0. The highest BCUT2D eigenvalue weighted by atomic mass is 19.4. The highest BCUT2D eigenvalue weighted by Crippen LogP contribution is 2.12. The van der Waals surface area contributed by atoms with Crippen LogP contribution in [0.2, 0.25) is 0 Å². The van der Waals surface area contributed by atoms with Gasteiger partial charge < -0.3 is 15.5 Å². The molecule has 0 aromatic heterocycles. The summed E-state index contributed by atoms with van der Waals surface area (Å²) < 4.78 is 35.4. The Labute approximate surface area is 85.8 Å². The normalized spacial score (nSPS) is 22.7. The first-order valence-electron chi connectivity index (χ1n) is 4.71. The maximum atomic E-state index is 11.8. The number of rotatable bonds is 1. The van der Waals surface area contributed by atoms with Crippen LogP contribution in [0.1, 0.15) is 6.92 Å². The number of carbonyl (C=O) groups excluding carboxylic acids is 1.